The molecule has 23 heavy (non-hydrogen) atoms. The van der Waals surface area contributed by atoms with Crippen molar-refractivity contribution < 1.29 is 22.7 Å². The molecular formula is C17H14F3NO2. The maximum atomic E-state index is 12.8. The predicted octanol–water partition coefficient (Wildman–Crippen LogP) is 4.58. The fourth-order valence-electron chi connectivity index (χ4n) is 2.80. The topological polar surface area (TPSA) is 39.2 Å². The highest BCUT2D eigenvalue weighted by Gasteiger charge is 2.30. The third-order valence-electron chi connectivity index (χ3n) is 3.90. The molecule has 0 aliphatic heterocycles. The third kappa shape index (κ3) is 3.21. The monoisotopic (exact) mass is 321 g/mol. The second-order valence-electron chi connectivity index (χ2n) is 5.42. The number of aldehydes is 1. The van der Waals surface area contributed by atoms with E-state index in [2.05, 4.69) is 4.98 Å². The average Bonchev–Trinajstić information content (AvgIpc) is 2.55. The molecule has 0 saturated carbocycles. The van der Waals surface area contributed by atoms with Crippen LogP contribution in [0.1, 0.15) is 40.0 Å². The van der Waals surface area contributed by atoms with Gasteiger partial charge in [-0.05, 0) is 49.4 Å². The van der Waals surface area contributed by atoms with Crippen LogP contribution in [0, 0.1) is 0 Å². The molecule has 6 heteroatoms. The first kappa shape index (κ1) is 15.5. The molecule has 0 radical (unpaired) electrons. The van der Waals surface area contributed by atoms with Crippen molar-refractivity contribution in [2.75, 3.05) is 0 Å². The van der Waals surface area contributed by atoms with Gasteiger partial charge in [0.15, 0.2) is 6.29 Å². The summed E-state index contributed by atoms with van der Waals surface area (Å²) in [4.78, 5) is 15.1. The van der Waals surface area contributed by atoms with Gasteiger partial charge in [0, 0.05) is 5.56 Å². The molecular weight excluding hydrogens is 307 g/mol. The Morgan fingerprint density at radius 3 is 2.57 bits per heavy atom. The van der Waals surface area contributed by atoms with Crippen LogP contribution in [0.4, 0.5) is 13.2 Å². The molecule has 2 aromatic rings. The van der Waals surface area contributed by atoms with Crippen molar-refractivity contribution in [3.63, 3.8) is 0 Å². The molecule has 1 heterocycles. The minimum atomic E-state index is -4.42. The number of pyridine rings is 1. The van der Waals surface area contributed by atoms with Crippen LogP contribution in [0.15, 0.2) is 30.5 Å². The van der Waals surface area contributed by atoms with E-state index in [1.165, 1.54) is 18.3 Å². The van der Waals surface area contributed by atoms with Gasteiger partial charge in [-0.25, -0.2) is 4.98 Å². The van der Waals surface area contributed by atoms with E-state index in [-0.39, 0.29) is 5.75 Å². The number of carbonyl (C=O) groups excluding carboxylic acids is 1. The van der Waals surface area contributed by atoms with E-state index in [1.54, 1.807) is 0 Å². The quantitative estimate of drug-likeness (QED) is 0.777. The van der Waals surface area contributed by atoms with Gasteiger partial charge in [-0.2, -0.15) is 13.2 Å². The fraction of sp³-hybridized carbons (Fsp3) is 0.294. The van der Waals surface area contributed by atoms with Crippen molar-refractivity contribution in [1.29, 1.82) is 0 Å². The van der Waals surface area contributed by atoms with Gasteiger partial charge in [0.1, 0.15) is 17.2 Å². The molecule has 0 saturated heterocycles. The molecule has 0 bridgehead atoms. The highest BCUT2D eigenvalue weighted by molar-refractivity contribution is 5.76. The zero-order valence-electron chi connectivity index (χ0n) is 12.2. The summed E-state index contributed by atoms with van der Waals surface area (Å²) in [6.07, 6.45) is 1.07. The number of benzene rings is 1. The predicted molar refractivity (Wildman–Crippen MR) is 77.8 cm³/mol. The maximum Gasteiger partial charge on any atom is 0.416 e. The number of aromatic nitrogens is 1. The van der Waals surface area contributed by atoms with Crippen LogP contribution in [-0.4, -0.2) is 11.3 Å². The lowest BCUT2D eigenvalue weighted by Gasteiger charge is -2.20. The van der Waals surface area contributed by atoms with Gasteiger partial charge >= 0.3 is 6.18 Å². The summed E-state index contributed by atoms with van der Waals surface area (Å²) in [5.74, 6) is 0.526. The molecule has 0 spiro atoms. The second kappa shape index (κ2) is 6.02. The van der Waals surface area contributed by atoms with E-state index in [4.69, 9.17) is 4.74 Å². The fourth-order valence-corrected chi connectivity index (χ4v) is 2.80. The molecule has 3 nitrogen and oxygen atoms in total. The third-order valence-corrected chi connectivity index (χ3v) is 3.90. The normalized spacial score (nSPS) is 14.2. The molecule has 1 aromatic carbocycles. The van der Waals surface area contributed by atoms with E-state index in [1.807, 2.05) is 0 Å². The van der Waals surface area contributed by atoms with Crippen molar-refractivity contribution in [1.82, 2.24) is 4.98 Å². The van der Waals surface area contributed by atoms with Gasteiger partial charge in [0.05, 0.1) is 11.8 Å². The summed E-state index contributed by atoms with van der Waals surface area (Å²) in [5.41, 5.74) is 1.33. The molecule has 1 aliphatic rings. The Labute approximate surface area is 131 Å². The standard InChI is InChI=1S/C17H14F3NO2/c18-17(19,20)11-4-3-5-12(8-11)23-16-9-21-15(10-22)13-6-1-2-7-14(13)16/h3-5,8-10H,1-2,6-7H2. The van der Waals surface area contributed by atoms with E-state index < -0.39 is 11.7 Å². The first-order valence-corrected chi connectivity index (χ1v) is 7.30. The van der Waals surface area contributed by atoms with Crippen LogP contribution < -0.4 is 4.74 Å². The van der Waals surface area contributed by atoms with Gasteiger partial charge in [0.2, 0.25) is 0 Å². The van der Waals surface area contributed by atoms with Crippen LogP contribution in [0.5, 0.6) is 11.5 Å². The van der Waals surface area contributed by atoms with Crippen molar-refractivity contribution in [3.8, 4) is 11.5 Å². The SMILES string of the molecule is O=Cc1ncc(Oc2cccc(C(F)(F)F)c2)c2c1CCCC2. The average molecular weight is 321 g/mol. The molecule has 0 fully saturated rings. The van der Waals surface area contributed by atoms with Crippen LogP contribution in [0.2, 0.25) is 0 Å². The van der Waals surface area contributed by atoms with Crippen LogP contribution in [0.25, 0.3) is 0 Å². The molecule has 0 amide bonds. The number of hydrogen-bond acceptors (Lipinski definition) is 3. The second-order valence-corrected chi connectivity index (χ2v) is 5.42. The Kier molecular flexibility index (Phi) is 4.07. The van der Waals surface area contributed by atoms with Gasteiger partial charge in [0.25, 0.3) is 0 Å². The molecule has 3 rings (SSSR count). The molecule has 1 aromatic heterocycles. The summed E-state index contributed by atoms with van der Waals surface area (Å²) in [7, 11) is 0. The zero-order chi connectivity index (χ0) is 16.4. The number of nitrogens with zero attached hydrogens (tertiary/aromatic N) is 1. The number of halogens is 3. The van der Waals surface area contributed by atoms with Gasteiger partial charge in [-0.1, -0.05) is 6.07 Å². The summed E-state index contributed by atoms with van der Waals surface area (Å²) in [6, 6.07) is 4.73. The minimum Gasteiger partial charge on any atom is -0.455 e. The largest absolute Gasteiger partial charge is 0.455 e. The lowest BCUT2D eigenvalue weighted by Crippen LogP contribution is -2.10. The number of carbonyl (C=O) groups is 1. The van der Waals surface area contributed by atoms with Crippen LogP contribution in [0.3, 0.4) is 0 Å². The van der Waals surface area contributed by atoms with Crippen molar-refractivity contribution in [2.24, 2.45) is 0 Å². The summed E-state index contributed by atoms with van der Waals surface area (Å²) >= 11 is 0. The van der Waals surface area contributed by atoms with Crippen molar-refractivity contribution >= 4 is 6.29 Å². The molecule has 0 atom stereocenters. The Morgan fingerprint density at radius 1 is 1.13 bits per heavy atom. The van der Waals surface area contributed by atoms with Gasteiger partial charge in [-0.15, -0.1) is 0 Å². The molecule has 0 N–H and O–H groups in total. The van der Waals surface area contributed by atoms with Crippen LogP contribution in [-0.2, 0) is 19.0 Å². The van der Waals surface area contributed by atoms with E-state index in [0.29, 0.717) is 17.7 Å². The number of ether oxygens (including phenoxy) is 1. The number of alkyl halides is 3. The van der Waals surface area contributed by atoms with E-state index in [0.717, 1.165) is 48.9 Å². The lowest BCUT2D eigenvalue weighted by molar-refractivity contribution is -0.137. The lowest BCUT2D eigenvalue weighted by atomic mass is 9.90. The Balaban J connectivity index is 1.96. The van der Waals surface area contributed by atoms with Gasteiger partial charge < -0.3 is 4.74 Å². The Bertz CT molecular complexity index is 741. The maximum absolute atomic E-state index is 12.8. The van der Waals surface area contributed by atoms with Crippen LogP contribution >= 0.6 is 0 Å². The summed E-state index contributed by atoms with van der Waals surface area (Å²) in [6.45, 7) is 0. The zero-order valence-corrected chi connectivity index (χ0v) is 12.2. The number of fused-ring (bicyclic) bond motifs is 1. The Morgan fingerprint density at radius 2 is 1.87 bits per heavy atom. The first-order valence-electron chi connectivity index (χ1n) is 7.30. The van der Waals surface area contributed by atoms with Gasteiger partial charge in [-0.3, -0.25) is 4.79 Å². The number of hydrogen-bond donors (Lipinski definition) is 0. The summed E-state index contributed by atoms with van der Waals surface area (Å²) < 4.78 is 43.9. The Hall–Kier alpha value is -2.37. The first-order chi connectivity index (χ1) is 11.0. The highest BCUT2D eigenvalue weighted by atomic mass is 19.4. The number of rotatable bonds is 3. The highest BCUT2D eigenvalue weighted by Crippen LogP contribution is 2.36. The molecule has 0 unspecified atom stereocenters. The van der Waals surface area contributed by atoms with E-state index in [9.17, 15) is 18.0 Å². The van der Waals surface area contributed by atoms with E-state index >= 15 is 0 Å². The smallest absolute Gasteiger partial charge is 0.416 e. The summed E-state index contributed by atoms with van der Waals surface area (Å²) in [5, 5.41) is 0. The van der Waals surface area contributed by atoms with Crippen molar-refractivity contribution in [2.45, 2.75) is 31.9 Å². The minimum absolute atomic E-state index is 0.105. The van der Waals surface area contributed by atoms with Crippen molar-refractivity contribution in [3.05, 3.63) is 52.8 Å². The molecule has 120 valence electrons. The molecule has 1 aliphatic carbocycles.